The SMILES string of the molecule is COc1ccc(OC)c([N+](=O)[O-])c1C(N)CC(N)=O. The molecule has 1 unspecified atom stereocenters. The van der Waals surface area contributed by atoms with Crippen LogP contribution in [0.1, 0.15) is 18.0 Å². The van der Waals surface area contributed by atoms with Gasteiger partial charge in [-0.25, -0.2) is 0 Å². The highest BCUT2D eigenvalue weighted by atomic mass is 16.6. The molecule has 4 N–H and O–H groups in total. The van der Waals surface area contributed by atoms with Crippen LogP contribution in [0.5, 0.6) is 11.5 Å². The fourth-order valence-corrected chi connectivity index (χ4v) is 1.78. The predicted molar refractivity (Wildman–Crippen MR) is 66.9 cm³/mol. The first-order valence-corrected chi connectivity index (χ1v) is 5.35. The smallest absolute Gasteiger partial charge is 0.319 e. The first-order valence-electron chi connectivity index (χ1n) is 5.35. The molecule has 1 atom stereocenters. The summed E-state index contributed by atoms with van der Waals surface area (Å²) in [5, 5.41) is 11.2. The van der Waals surface area contributed by atoms with Crippen LogP contribution in [0.3, 0.4) is 0 Å². The van der Waals surface area contributed by atoms with Gasteiger partial charge in [-0.2, -0.15) is 0 Å². The molecule has 1 amide bonds. The van der Waals surface area contributed by atoms with Gasteiger partial charge in [0.2, 0.25) is 5.91 Å². The van der Waals surface area contributed by atoms with Gasteiger partial charge in [0.05, 0.1) is 24.7 Å². The van der Waals surface area contributed by atoms with Crippen molar-refractivity contribution in [3.8, 4) is 11.5 Å². The second-order valence-electron chi connectivity index (χ2n) is 3.77. The normalized spacial score (nSPS) is 11.7. The molecule has 104 valence electrons. The van der Waals surface area contributed by atoms with Crippen LogP contribution in [0.4, 0.5) is 5.69 Å². The number of primary amides is 1. The Kier molecular flexibility index (Phi) is 4.65. The first kappa shape index (κ1) is 14.7. The number of amides is 1. The van der Waals surface area contributed by atoms with Crippen molar-refractivity contribution >= 4 is 11.6 Å². The molecule has 0 spiro atoms. The van der Waals surface area contributed by atoms with Crippen molar-refractivity contribution in [2.75, 3.05) is 14.2 Å². The number of nitrogens with two attached hydrogens (primary N) is 2. The molecule has 0 aliphatic rings. The largest absolute Gasteiger partial charge is 0.496 e. The second kappa shape index (κ2) is 6.01. The molecule has 1 aromatic carbocycles. The van der Waals surface area contributed by atoms with E-state index in [4.69, 9.17) is 20.9 Å². The zero-order chi connectivity index (χ0) is 14.6. The Labute approximate surface area is 109 Å². The number of methoxy groups -OCH3 is 2. The fourth-order valence-electron chi connectivity index (χ4n) is 1.78. The zero-order valence-corrected chi connectivity index (χ0v) is 10.6. The molecule has 0 aliphatic heterocycles. The van der Waals surface area contributed by atoms with E-state index < -0.39 is 16.9 Å². The van der Waals surface area contributed by atoms with Gasteiger partial charge < -0.3 is 20.9 Å². The van der Waals surface area contributed by atoms with Crippen LogP contribution in [-0.2, 0) is 4.79 Å². The summed E-state index contributed by atoms with van der Waals surface area (Å²) in [6.07, 6.45) is -0.232. The van der Waals surface area contributed by atoms with Gasteiger partial charge in [0.25, 0.3) is 0 Å². The van der Waals surface area contributed by atoms with E-state index in [1.165, 1.54) is 26.4 Å². The summed E-state index contributed by atoms with van der Waals surface area (Å²) >= 11 is 0. The van der Waals surface area contributed by atoms with Crippen molar-refractivity contribution in [1.29, 1.82) is 0 Å². The van der Waals surface area contributed by atoms with E-state index in [9.17, 15) is 14.9 Å². The third-order valence-electron chi connectivity index (χ3n) is 2.55. The van der Waals surface area contributed by atoms with Gasteiger partial charge in [0, 0.05) is 12.5 Å². The topological polar surface area (TPSA) is 131 Å². The minimum Gasteiger partial charge on any atom is -0.496 e. The quantitative estimate of drug-likeness (QED) is 0.570. The van der Waals surface area contributed by atoms with Crippen LogP contribution in [0.25, 0.3) is 0 Å². The lowest BCUT2D eigenvalue weighted by atomic mass is 10.0. The van der Waals surface area contributed by atoms with Crippen molar-refractivity contribution < 1.29 is 19.2 Å². The summed E-state index contributed by atoms with van der Waals surface area (Å²) in [6, 6.07) is 1.95. The summed E-state index contributed by atoms with van der Waals surface area (Å²) in [6.45, 7) is 0. The lowest BCUT2D eigenvalue weighted by Gasteiger charge is -2.16. The minimum absolute atomic E-state index is 0.0423. The van der Waals surface area contributed by atoms with Gasteiger partial charge >= 0.3 is 5.69 Å². The number of nitrogens with zero attached hydrogens (tertiary/aromatic N) is 1. The number of hydrogen-bond donors (Lipinski definition) is 2. The number of nitro benzene ring substituents is 1. The van der Waals surface area contributed by atoms with Crippen molar-refractivity contribution in [2.24, 2.45) is 11.5 Å². The molecular weight excluding hydrogens is 254 g/mol. The third kappa shape index (κ3) is 3.10. The number of carbonyl (C=O) groups is 1. The van der Waals surface area contributed by atoms with Crippen LogP contribution in [-0.4, -0.2) is 25.1 Å². The number of benzene rings is 1. The summed E-state index contributed by atoms with van der Waals surface area (Å²) < 4.78 is 9.98. The standard InChI is InChI=1S/C11H15N3O5/c1-18-7-3-4-8(19-2)11(14(16)17)10(7)6(12)5-9(13)15/h3-4,6H,5,12H2,1-2H3,(H2,13,15). The lowest BCUT2D eigenvalue weighted by Crippen LogP contribution is -2.22. The molecule has 0 heterocycles. The van der Waals surface area contributed by atoms with Crippen LogP contribution in [0.15, 0.2) is 12.1 Å². The second-order valence-corrected chi connectivity index (χ2v) is 3.77. The van der Waals surface area contributed by atoms with E-state index in [2.05, 4.69) is 0 Å². The van der Waals surface area contributed by atoms with E-state index in [1.807, 2.05) is 0 Å². The van der Waals surface area contributed by atoms with Gasteiger partial charge in [-0.3, -0.25) is 14.9 Å². The van der Waals surface area contributed by atoms with Crippen LogP contribution in [0.2, 0.25) is 0 Å². The molecule has 8 heteroatoms. The lowest BCUT2D eigenvalue weighted by molar-refractivity contribution is -0.386. The predicted octanol–water partition coefficient (Wildman–Crippen LogP) is 0.487. The molecular formula is C11H15N3O5. The van der Waals surface area contributed by atoms with Crippen LogP contribution < -0.4 is 20.9 Å². The molecule has 0 aromatic heterocycles. The monoisotopic (exact) mass is 269 g/mol. The number of hydrogen-bond acceptors (Lipinski definition) is 6. The van der Waals surface area contributed by atoms with Gasteiger partial charge in [0.1, 0.15) is 5.75 Å². The summed E-state index contributed by atoms with van der Waals surface area (Å²) in [4.78, 5) is 21.4. The van der Waals surface area contributed by atoms with Crippen LogP contribution in [0, 0.1) is 10.1 Å². The average molecular weight is 269 g/mol. The molecule has 1 rings (SSSR count). The Balaban J connectivity index is 3.46. The maximum Gasteiger partial charge on any atom is 0.319 e. The Hall–Kier alpha value is -2.35. The van der Waals surface area contributed by atoms with Crippen molar-refractivity contribution in [3.05, 3.63) is 27.8 Å². The summed E-state index contributed by atoms with van der Waals surface area (Å²) in [5.41, 5.74) is 10.6. The first-order chi connectivity index (χ1) is 8.92. The van der Waals surface area contributed by atoms with Crippen LogP contribution >= 0.6 is 0 Å². The average Bonchev–Trinajstić information content (AvgIpc) is 2.35. The van der Waals surface area contributed by atoms with Gasteiger partial charge in [-0.1, -0.05) is 0 Å². The molecule has 8 nitrogen and oxygen atoms in total. The van der Waals surface area contributed by atoms with Gasteiger partial charge in [-0.15, -0.1) is 0 Å². The Morgan fingerprint density at radius 1 is 1.37 bits per heavy atom. The van der Waals surface area contributed by atoms with E-state index in [0.29, 0.717) is 0 Å². The molecule has 1 aromatic rings. The highest BCUT2D eigenvalue weighted by Crippen LogP contribution is 2.40. The highest BCUT2D eigenvalue weighted by molar-refractivity contribution is 5.75. The van der Waals surface area contributed by atoms with E-state index in [0.717, 1.165) is 0 Å². The maximum atomic E-state index is 11.2. The zero-order valence-electron chi connectivity index (χ0n) is 10.6. The number of carbonyl (C=O) groups excluding carboxylic acids is 1. The number of rotatable bonds is 6. The van der Waals surface area contributed by atoms with Crippen molar-refractivity contribution in [1.82, 2.24) is 0 Å². The maximum absolute atomic E-state index is 11.2. The third-order valence-corrected chi connectivity index (χ3v) is 2.55. The van der Waals surface area contributed by atoms with E-state index >= 15 is 0 Å². The Morgan fingerprint density at radius 2 is 1.89 bits per heavy atom. The molecule has 0 bridgehead atoms. The summed E-state index contributed by atoms with van der Waals surface area (Å²) in [7, 11) is 2.66. The minimum atomic E-state index is -0.942. The Morgan fingerprint density at radius 3 is 2.32 bits per heavy atom. The molecule has 0 aliphatic carbocycles. The highest BCUT2D eigenvalue weighted by Gasteiger charge is 2.29. The van der Waals surface area contributed by atoms with Gasteiger partial charge in [-0.05, 0) is 12.1 Å². The molecule has 0 saturated heterocycles. The fraction of sp³-hybridized carbons (Fsp3) is 0.364. The Bertz CT molecular complexity index is 503. The van der Waals surface area contributed by atoms with Crippen molar-refractivity contribution in [3.63, 3.8) is 0 Å². The molecule has 0 fully saturated rings. The molecule has 0 saturated carbocycles. The molecule has 0 radical (unpaired) electrons. The van der Waals surface area contributed by atoms with Gasteiger partial charge in [0.15, 0.2) is 5.75 Å². The van der Waals surface area contributed by atoms with E-state index in [1.54, 1.807) is 0 Å². The number of ether oxygens (including phenoxy) is 2. The summed E-state index contributed by atoms with van der Waals surface area (Å²) in [5.74, 6) is -0.409. The molecule has 19 heavy (non-hydrogen) atoms. The van der Waals surface area contributed by atoms with Crippen molar-refractivity contribution in [2.45, 2.75) is 12.5 Å². The number of nitro groups is 1. The van der Waals surface area contributed by atoms with E-state index in [-0.39, 0.29) is 29.2 Å².